The number of hydrogen-bond acceptors (Lipinski definition) is 3. The molecule has 1 atom stereocenters. The molecule has 0 radical (unpaired) electrons. The molecule has 1 fully saturated rings. The summed E-state index contributed by atoms with van der Waals surface area (Å²) in [5.41, 5.74) is 1.91. The molecule has 0 saturated carbocycles. The zero-order chi connectivity index (χ0) is 15.3. The molecule has 0 aromatic carbocycles. The van der Waals surface area contributed by atoms with E-state index >= 15 is 0 Å². The van der Waals surface area contributed by atoms with Gasteiger partial charge in [-0.15, -0.1) is 0 Å². The van der Waals surface area contributed by atoms with Crippen molar-refractivity contribution in [3.05, 3.63) is 28.9 Å². The Labute approximate surface area is 124 Å². The first kappa shape index (κ1) is 12.9. The van der Waals surface area contributed by atoms with Crippen molar-refractivity contribution in [2.75, 3.05) is 6.54 Å². The average molecular weight is 301 g/mol. The fourth-order valence-corrected chi connectivity index (χ4v) is 3.32. The third kappa shape index (κ3) is 1.80. The van der Waals surface area contributed by atoms with E-state index in [1.165, 1.54) is 4.90 Å². The van der Waals surface area contributed by atoms with Crippen molar-refractivity contribution in [3.63, 3.8) is 0 Å². The number of imidazole rings is 1. The van der Waals surface area contributed by atoms with Gasteiger partial charge in [0.15, 0.2) is 0 Å². The van der Waals surface area contributed by atoms with Crippen LogP contribution in [-0.4, -0.2) is 48.2 Å². The highest BCUT2D eigenvalue weighted by Crippen LogP contribution is 2.23. The summed E-state index contributed by atoms with van der Waals surface area (Å²) in [7, 11) is 0. The van der Waals surface area contributed by atoms with Gasteiger partial charge in [-0.25, -0.2) is 14.6 Å². The van der Waals surface area contributed by atoms with Gasteiger partial charge in [0.05, 0.1) is 23.3 Å². The van der Waals surface area contributed by atoms with Crippen LogP contribution in [0.2, 0.25) is 0 Å². The molecular weight excluding hydrogens is 286 g/mol. The highest BCUT2D eigenvalue weighted by molar-refractivity contribution is 6.00. The van der Waals surface area contributed by atoms with Crippen LogP contribution in [0.1, 0.15) is 12.8 Å². The largest absolute Gasteiger partial charge is 0.465 e. The predicted molar refractivity (Wildman–Crippen MR) is 80.0 cm³/mol. The highest BCUT2D eigenvalue weighted by Gasteiger charge is 2.29. The minimum Gasteiger partial charge on any atom is -0.465 e. The zero-order valence-electron chi connectivity index (χ0n) is 11.7. The summed E-state index contributed by atoms with van der Waals surface area (Å²) >= 11 is 0. The van der Waals surface area contributed by atoms with Crippen LogP contribution in [0.15, 0.2) is 23.3 Å². The van der Waals surface area contributed by atoms with E-state index in [1.54, 1.807) is 17.0 Å². The van der Waals surface area contributed by atoms with E-state index in [4.69, 9.17) is 0 Å². The first-order valence-electron chi connectivity index (χ1n) is 7.19. The predicted octanol–water partition coefficient (Wildman–Crippen LogP) is 1.35. The molecule has 1 aliphatic rings. The van der Waals surface area contributed by atoms with Crippen LogP contribution in [0, 0.1) is 0 Å². The van der Waals surface area contributed by atoms with Gasteiger partial charge in [-0.05, 0) is 18.9 Å². The summed E-state index contributed by atoms with van der Waals surface area (Å²) in [6.07, 6.45) is 4.07. The minimum absolute atomic E-state index is 0.170. The molecule has 4 heterocycles. The van der Waals surface area contributed by atoms with Crippen LogP contribution in [0.5, 0.6) is 0 Å². The number of nitrogens with zero attached hydrogens (tertiary/aromatic N) is 3. The third-order valence-corrected chi connectivity index (χ3v) is 4.33. The van der Waals surface area contributed by atoms with Crippen molar-refractivity contribution in [2.24, 2.45) is 0 Å². The second-order valence-corrected chi connectivity index (χ2v) is 5.57. The monoisotopic (exact) mass is 301 g/mol. The first-order valence-corrected chi connectivity index (χ1v) is 7.19. The lowest BCUT2D eigenvalue weighted by molar-refractivity contribution is 0.136. The summed E-state index contributed by atoms with van der Waals surface area (Å²) in [5.74, 6) is 0. The Morgan fingerprint density at radius 3 is 3.18 bits per heavy atom. The van der Waals surface area contributed by atoms with Crippen LogP contribution in [0.4, 0.5) is 4.79 Å². The summed E-state index contributed by atoms with van der Waals surface area (Å²) in [5, 5.41) is 10.1. The van der Waals surface area contributed by atoms with E-state index < -0.39 is 6.09 Å². The van der Waals surface area contributed by atoms with E-state index in [0.29, 0.717) is 24.3 Å². The molecule has 22 heavy (non-hydrogen) atoms. The highest BCUT2D eigenvalue weighted by atomic mass is 16.4. The van der Waals surface area contributed by atoms with E-state index in [-0.39, 0.29) is 11.7 Å². The normalized spacial score (nSPS) is 18.5. The molecule has 1 unspecified atom stereocenters. The Hall–Kier alpha value is -2.77. The lowest BCUT2D eigenvalue weighted by atomic mass is 10.2. The number of pyridine rings is 1. The van der Waals surface area contributed by atoms with Gasteiger partial charge in [0.2, 0.25) is 0 Å². The van der Waals surface area contributed by atoms with Gasteiger partial charge in [0.25, 0.3) is 0 Å². The number of amides is 1. The van der Waals surface area contributed by atoms with Crippen LogP contribution >= 0.6 is 0 Å². The molecule has 0 aliphatic carbocycles. The van der Waals surface area contributed by atoms with Gasteiger partial charge in [0.1, 0.15) is 5.65 Å². The van der Waals surface area contributed by atoms with E-state index in [9.17, 15) is 14.7 Å². The number of H-pyrrole nitrogens is 2. The molecule has 1 saturated heterocycles. The maximum absolute atomic E-state index is 12.3. The van der Waals surface area contributed by atoms with Gasteiger partial charge in [-0.2, -0.15) is 0 Å². The van der Waals surface area contributed by atoms with Gasteiger partial charge < -0.3 is 20.0 Å². The molecule has 0 bridgehead atoms. The summed E-state index contributed by atoms with van der Waals surface area (Å²) in [6, 6.07) is 1.70. The Morgan fingerprint density at radius 1 is 1.50 bits per heavy atom. The van der Waals surface area contributed by atoms with Crippen LogP contribution < -0.4 is 5.69 Å². The van der Waals surface area contributed by atoms with Gasteiger partial charge in [0, 0.05) is 24.7 Å². The first-order chi connectivity index (χ1) is 10.6. The Balaban J connectivity index is 1.84. The number of aromatic amines is 2. The molecule has 3 aromatic heterocycles. The van der Waals surface area contributed by atoms with Gasteiger partial charge in [-0.1, -0.05) is 0 Å². The standard InChI is InChI=1S/C14H15N5O3/c20-13-17-10-6-16-12-9(3-4-15-12)11(10)19(13)7-8-2-1-5-18(8)14(21)22/h3-4,6,8H,1-2,5,7H2,(H,15,16)(H,17,20)(H,21,22). The van der Waals surface area contributed by atoms with Crippen molar-refractivity contribution in [1.29, 1.82) is 0 Å². The van der Waals surface area contributed by atoms with Crippen molar-refractivity contribution >= 4 is 28.2 Å². The fraction of sp³-hybridized carbons (Fsp3) is 0.357. The van der Waals surface area contributed by atoms with Crippen LogP contribution in [0.3, 0.4) is 0 Å². The van der Waals surface area contributed by atoms with Gasteiger partial charge in [-0.3, -0.25) is 4.57 Å². The van der Waals surface area contributed by atoms with Crippen molar-refractivity contribution in [1.82, 2.24) is 24.4 Å². The molecule has 3 N–H and O–H groups in total. The van der Waals surface area contributed by atoms with E-state index in [0.717, 1.165) is 23.7 Å². The average Bonchev–Trinajstić information content (AvgIpc) is 3.18. The maximum atomic E-state index is 12.3. The lowest BCUT2D eigenvalue weighted by Gasteiger charge is -2.21. The second-order valence-electron chi connectivity index (χ2n) is 5.57. The third-order valence-electron chi connectivity index (χ3n) is 4.33. The number of rotatable bonds is 2. The fourth-order valence-electron chi connectivity index (χ4n) is 3.32. The number of likely N-dealkylation sites (tertiary alicyclic amines) is 1. The molecule has 4 rings (SSSR count). The Morgan fingerprint density at radius 2 is 2.36 bits per heavy atom. The smallest absolute Gasteiger partial charge is 0.407 e. The molecule has 1 aliphatic heterocycles. The number of carbonyl (C=O) groups is 1. The molecular formula is C14H15N5O3. The summed E-state index contributed by atoms with van der Waals surface area (Å²) < 4.78 is 1.62. The molecule has 114 valence electrons. The van der Waals surface area contributed by atoms with Crippen molar-refractivity contribution in [3.8, 4) is 0 Å². The van der Waals surface area contributed by atoms with E-state index in [1.807, 2.05) is 6.07 Å². The summed E-state index contributed by atoms with van der Waals surface area (Å²) in [4.78, 5) is 35.0. The zero-order valence-corrected chi connectivity index (χ0v) is 11.7. The number of fused-ring (bicyclic) bond motifs is 3. The minimum atomic E-state index is -0.927. The number of nitrogens with one attached hydrogen (secondary N) is 2. The molecule has 8 heteroatoms. The van der Waals surface area contributed by atoms with Crippen molar-refractivity contribution in [2.45, 2.75) is 25.4 Å². The second kappa shape index (κ2) is 4.62. The molecule has 3 aromatic rings. The van der Waals surface area contributed by atoms with Gasteiger partial charge >= 0.3 is 11.8 Å². The quantitative estimate of drug-likeness (QED) is 0.664. The SMILES string of the molecule is O=C(O)N1CCCC1Cn1c(=O)[nH]c2cnc3[nH]ccc3c21. The van der Waals surface area contributed by atoms with Crippen LogP contribution in [-0.2, 0) is 6.54 Å². The number of hydrogen-bond donors (Lipinski definition) is 3. The molecule has 0 spiro atoms. The maximum Gasteiger partial charge on any atom is 0.407 e. The van der Waals surface area contributed by atoms with E-state index in [2.05, 4.69) is 15.0 Å². The van der Waals surface area contributed by atoms with Crippen molar-refractivity contribution < 1.29 is 9.90 Å². The Bertz CT molecular complexity index is 921. The number of carboxylic acid groups (broad SMARTS) is 1. The van der Waals surface area contributed by atoms with Crippen LogP contribution in [0.25, 0.3) is 22.1 Å². The Kier molecular flexibility index (Phi) is 2.72. The topological polar surface area (TPSA) is 107 Å². The molecule has 8 nitrogen and oxygen atoms in total. The summed E-state index contributed by atoms with van der Waals surface area (Å²) in [6.45, 7) is 0.883. The number of aromatic nitrogens is 4. The molecule has 1 amide bonds. The lowest BCUT2D eigenvalue weighted by Crippen LogP contribution is -2.38.